The highest BCUT2D eigenvalue weighted by Crippen LogP contribution is 2.25. The minimum atomic E-state index is -0.226. The van der Waals surface area contributed by atoms with Crippen molar-refractivity contribution in [2.75, 3.05) is 19.0 Å². The Morgan fingerprint density at radius 2 is 2.22 bits per heavy atom. The second-order valence-corrected chi connectivity index (χ2v) is 4.95. The van der Waals surface area contributed by atoms with Gasteiger partial charge < -0.3 is 9.47 Å². The third-order valence-electron chi connectivity index (χ3n) is 2.39. The molecule has 18 heavy (non-hydrogen) atoms. The van der Waals surface area contributed by atoms with E-state index >= 15 is 0 Å². The van der Waals surface area contributed by atoms with E-state index < -0.39 is 0 Å². The molecule has 0 atom stereocenters. The van der Waals surface area contributed by atoms with Crippen LogP contribution in [0.1, 0.15) is 18.4 Å². The fourth-order valence-corrected chi connectivity index (χ4v) is 1.84. The van der Waals surface area contributed by atoms with Crippen molar-refractivity contribution in [2.45, 2.75) is 19.3 Å². The van der Waals surface area contributed by atoms with Crippen molar-refractivity contribution in [2.24, 2.45) is 0 Å². The van der Waals surface area contributed by atoms with Gasteiger partial charge in [-0.25, -0.2) is 0 Å². The predicted octanol–water partition coefficient (Wildman–Crippen LogP) is 3.61. The van der Waals surface area contributed by atoms with Gasteiger partial charge in [0.15, 0.2) is 0 Å². The highest BCUT2D eigenvalue weighted by atomic mass is 79.9. The number of halogens is 2. The van der Waals surface area contributed by atoms with E-state index in [-0.39, 0.29) is 5.97 Å². The summed E-state index contributed by atoms with van der Waals surface area (Å²) >= 11 is 9.29. The average Bonchev–Trinajstić information content (AvgIpc) is 2.37. The van der Waals surface area contributed by atoms with Gasteiger partial charge in [0, 0.05) is 16.8 Å². The first-order valence-electron chi connectivity index (χ1n) is 5.71. The molecule has 1 aromatic carbocycles. The Bertz CT molecular complexity index is 396. The van der Waals surface area contributed by atoms with Crippen LogP contribution in [-0.4, -0.2) is 25.0 Å². The van der Waals surface area contributed by atoms with Gasteiger partial charge in [-0.1, -0.05) is 33.6 Å². The first-order chi connectivity index (χ1) is 8.67. The van der Waals surface area contributed by atoms with Crippen LogP contribution in [0.25, 0.3) is 0 Å². The molecule has 0 unspecified atom stereocenters. The van der Waals surface area contributed by atoms with Gasteiger partial charge >= 0.3 is 5.97 Å². The van der Waals surface area contributed by atoms with E-state index in [1.165, 1.54) is 7.11 Å². The van der Waals surface area contributed by atoms with E-state index in [4.69, 9.17) is 16.3 Å². The summed E-state index contributed by atoms with van der Waals surface area (Å²) < 4.78 is 10.3. The van der Waals surface area contributed by atoms with Crippen molar-refractivity contribution in [3.05, 3.63) is 28.8 Å². The summed E-state index contributed by atoms with van der Waals surface area (Å²) in [4.78, 5) is 11.1. The first-order valence-corrected chi connectivity index (χ1v) is 7.21. The Hall–Kier alpha value is -0.740. The molecule has 0 aromatic heterocycles. The first kappa shape index (κ1) is 15.3. The molecule has 3 nitrogen and oxygen atoms in total. The molecule has 0 saturated carbocycles. The maximum Gasteiger partial charge on any atom is 0.305 e. The number of carbonyl (C=O) groups is 1. The summed E-state index contributed by atoms with van der Waals surface area (Å²) in [7, 11) is 1.39. The number of hydrogen-bond acceptors (Lipinski definition) is 3. The molecule has 100 valence electrons. The van der Waals surface area contributed by atoms with E-state index in [0.717, 1.165) is 23.1 Å². The smallest absolute Gasteiger partial charge is 0.305 e. The molecule has 0 saturated heterocycles. The summed E-state index contributed by atoms with van der Waals surface area (Å²) in [5, 5.41) is 1.52. The minimum absolute atomic E-state index is 0.226. The molecule has 0 N–H and O–H groups in total. The van der Waals surface area contributed by atoms with Gasteiger partial charge in [0.2, 0.25) is 0 Å². The van der Waals surface area contributed by atoms with Crippen LogP contribution in [0.3, 0.4) is 0 Å². The maximum absolute atomic E-state index is 11.1. The standard InChI is InChI=1S/C13H16BrClO3/c1-17-13(16)6-4-10-3-5-11(15)9-12(10)18-8-2-7-14/h3,5,9H,2,4,6-8H2,1H3. The van der Waals surface area contributed by atoms with Crippen molar-refractivity contribution < 1.29 is 14.3 Å². The van der Waals surface area contributed by atoms with Crippen LogP contribution in [0.15, 0.2) is 18.2 Å². The normalized spacial score (nSPS) is 10.2. The number of alkyl halides is 1. The van der Waals surface area contributed by atoms with Gasteiger partial charge in [-0.15, -0.1) is 0 Å². The van der Waals surface area contributed by atoms with E-state index in [1.807, 2.05) is 6.07 Å². The Kier molecular flexibility index (Phi) is 7.13. The number of aryl methyl sites for hydroxylation is 1. The van der Waals surface area contributed by atoms with Crippen molar-refractivity contribution in [3.63, 3.8) is 0 Å². The largest absolute Gasteiger partial charge is 0.493 e. The summed E-state index contributed by atoms with van der Waals surface area (Å²) in [6.45, 7) is 0.622. The molecule has 0 amide bonds. The summed E-state index contributed by atoms with van der Waals surface area (Å²) in [5.74, 6) is 0.517. The summed E-state index contributed by atoms with van der Waals surface area (Å²) in [6.07, 6.45) is 1.85. The number of esters is 1. The molecule has 0 aliphatic rings. The number of rotatable bonds is 7. The number of ether oxygens (including phenoxy) is 2. The van der Waals surface area contributed by atoms with Crippen molar-refractivity contribution in [1.82, 2.24) is 0 Å². The molecule has 0 spiro atoms. The van der Waals surface area contributed by atoms with Gasteiger partial charge in [-0.2, -0.15) is 0 Å². The molecule has 0 fully saturated rings. The maximum atomic E-state index is 11.1. The lowest BCUT2D eigenvalue weighted by atomic mass is 10.1. The molecule has 0 heterocycles. The summed E-state index contributed by atoms with van der Waals surface area (Å²) in [5.41, 5.74) is 0.972. The molecule has 1 aromatic rings. The van der Waals surface area contributed by atoms with Crippen molar-refractivity contribution in [1.29, 1.82) is 0 Å². The van der Waals surface area contributed by atoms with E-state index in [9.17, 15) is 4.79 Å². The van der Waals surface area contributed by atoms with Gasteiger partial charge in [-0.3, -0.25) is 4.79 Å². The molecule has 0 aliphatic carbocycles. The SMILES string of the molecule is COC(=O)CCc1ccc(Cl)cc1OCCCBr. The second kappa shape index (κ2) is 8.38. The zero-order valence-corrected chi connectivity index (χ0v) is 12.6. The molecule has 1 rings (SSSR count). The predicted molar refractivity (Wildman–Crippen MR) is 75.7 cm³/mol. The van der Waals surface area contributed by atoms with E-state index in [1.54, 1.807) is 12.1 Å². The zero-order valence-electron chi connectivity index (χ0n) is 10.2. The van der Waals surface area contributed by atoms with Crippen LogP contribution < -0.4 is 4.74 Å². The second-order valence-electron chi connectivity index (χ2n) is 3.72. The average molecular weight is 336 g/mol. The molecule has 0 aliphatic heterocycles. The van der Waals surface area contributed by atoms with E-state index in [2.05, 4.69) is 20.7 Å². The Morgan fingerprint density at radius 1 is 1.44 bits per heavy atom. The molecular formula is C13H16BrClO3. The lowest BCUT2D eigenvalue weighted by Gasteiger charge is -2.11. The fraction of sp³-hybridized carbons (Fsp3) is 0.462. The van der Waals surface area contributed by atoms with Gasteiger partial charge in [-0.05, 0) is 30.5 Å². The van der Waals surface area contributed by atoms with Crippen LogP contribution in [0.2, 0.25) is 5.02 Å². The van der Waals surface area contributed by atoms with E-state index in [0.29, 0.717) is 24.5 Å². The Labute approximate surface area is 121 Å². The zero-order chi connectivity index (χ0) is 13.4. The van der Waals surface area contributed by atoms with Crippen molar-refractivity contribution in [3.8, 4) is 5.75 Å². The topological polar surface area (TPSA) is 35.5 Å². The number of benzene rings is 1. The highest BCUT2D eigenvalue weighted by molar-refractivity contribution is 9.09. The summed E-state index contributed by atoms with van der Waals surface area (Å²) in [6, 6.07) is 5.46. The number of methoxy groups -OCH3 is 1. The minimum Gasteiger partial charge on any atom is -0.493 e. The van der Waals surface area contributed by atoms with Crippen LogP contribution in [-0.2, 0) is 16.0 Å². The quantitative estimate of drug-likeness (QED) is 0.434. The van der Waals surface area contributed by atoms with Gasteiger partial charge in [0.25, 0.3) is 0 Å². The molecule has 0 bridgehead atoms. The van der Waals surface area contributed by atoms with Crippen LogP contribution in [0, 0.1) is 0 Å². The highest BCUT2D eigenvalue weighted by Gasteiger charge is 2.08. The van der Waals surface area contributed by atoms with Gasteiger partial charge in [0.05, 0.1) is 13.7 Å². The lowest BCUT2D eigenvalue weighted by Crippen LogP contribution is -2.05. The van der Waals surface area contributed by atoms with Crippen LogP contribution in [0.4, 0.5) is 0 Å². The third-order valence-corrected chi connectivity index (χ3v) is 3.19. The number of carbonyl (C=O) groups excluding carboxylic acids is 1. The Balaban J connectivity index is 2.66. The van der Waals surface area contributed by atoms with Crippen LogP contribution in [0.5, 0.6) is 5.75 Å². The molecular weight excluding hydrogens is 319 g/mol. The lowest BCUT2D eigenvalue weighted by molar-refractivity contribution is -0.140. The van der Waals surface area contributed by atoms with Crippen LogP contribution >= 0.6 is 27.5 Å². The van der Waals surface area contributed by atoms with Crippen molar-refractivity contribution >= 4 is 33.5 Å². The van der Waals surface area contributed by atoms with Gasteiger partial charge in [0.1, 0.15) is 5.75 Å². The molecule has 0 radical (unpaired) electrons. The number of hydrogen-bond donors (Lipinski definition) is 0. The Morgan fingerprint density at radius 3 is 2.89 bits per heavy atom. The third kappa shape index (κ3) is 5.27. The molecule has 5 heteroatoms. The fourth-order valence-electron chi connectivity index (χ4n) is 1.44. The monoisotopic (exact) mass is 334 g/mol.